The summed E-state index contributed by atoms with van der Waals surface area (Å²) in [5.41, 5.74) is 2.25. The van der Waals surface area contributed by atoms with Crippen molar-refractivity contribution in [2.75, 3.05) is 0 Å². The molecule has 0 amide bonds. The van der Waals surface area contributed by atoms with E-state index in [1.165, 1.54) is 12.0 Å². The van der Waals surface area contributed by atoms with E-state index in [-0.39, 0.29) is 5.41 Å². The molecule has 1 nitrogen and oxygen atoms in total. The zero-order chi connectivity index (χ0) is 10.9. The average molecular weight is 223 g/mol. The Hall–Kier alpha value is -0.820. The van der Waals surface area contributed by atoms with Gasteiger partial charge in [-0.3, -0.25) is 0 Å². The van der Waals surface area contributed by atoms with Crippen molar-refractivity contribution < 1.29 is 4.79 Å². The molecule has 1 aliphatic rings. The van der Waals surface area contributed by atoms with Crippen molar-refractivity contribution in [3.05, 3.63) is 34.3 Å². The molecule has 0 unspecified atom stereocenters. The van der Waals surface area contributed by atoms with Crippen molar-refractivity contribution >= 4 is 17.9 Å². The molecular formula is C13H15ClO. The SMILES string of the molecule is Cc1cc(CC2(C=O)CCC2)ccc1Cl. The average Bonchev–Trinajstić information content (AvgIpc) is 2.17. The van der Waals surface area contributed by atoms with Gasteiger partial charge < -0.3 is 4.79 Å². The maximum absolute atomic E-state index is 11.0. The van der Waals surface area contributed by atoms with Crippen LogP contribution >= 0.6 is 11.6 Å². The van der Waals surface area contributed by atoms with Gasteiger partial charge >= 0.3 is 0 Å². The van der Waals surface area contributed by atoms with E-state index in [0.29, 0.717) is 0 Å². The van der Waals surface area contributed by atoms with Crippen LogP contribution in [-0.2, 0) is 11.2 Å². The molecule has 1 aromatic rings. The number of hydrogen-bond donors (Lipinski definition) is 0. The number of aldehydes is 1. The van der Waals surface area contributed by atoms with Crippen LogP contribution in [0.3, 0.4) is 0 Å². The fraction of sp³-hybridized carbons (Fsp3) is 0.462. The van der Waals surface area contributed by atoms with Gasteiger partial charge in [-0.2, -0.15) is 0 Å². The number of carbonyl (C=O) groups excluding carboxylic acids is 1. The Labute approximate surface area is 95.4 Å². The van der Waals surface area contributed by atoms with Crippen molar-refractivity contribution in [1.82, 2.24) is 0 Å². The Kier molecular flexibility index (Phi) is 2.83. The Bertz CT molecular complexity index is 380. The highest BCUT2D eigenvalue weighted by atomic mass is 35.5. The minimum absolute atomic E-state index is 0.0692. The van der Waals surface area contributed by atoms with Crippen LogP contribution in [0.15, 0.2) is 18.2 Å². The molecule has 0 spiro atoms. The van der Waals surface area contributed by atoms with Crippen LogP contribution in [0.1, 0.15) is 30.4 Å². The monoisotopic (exact) mass is 222 g/mol. The van der Waals surface area contributed by atoms with Gasteiger partial charge in [0.25, 0.3) is 0 Å². The number of halogens is 1. The largest absolute Gasteiger partial charge is 0.303 e. The number of hydrogen-bond acceptors (Lipinski definition) is 1. The fourth-order valence-electron chi connectivity index (χ4n) is 2.19. The van der Waals surface area contributed by atoms with Gasteiger partial charge in [0.1, 0.15) is 6.29 Å². The second-order valence-corrected chi connectivity index (χ2v) is 5.00. The van der Waals surface area contributed by atoms with Crippen LogP contribution < -0.4 is 0 Å². The molecule has 0 bridgehead atoms. The van der Waals surface area contributed by atoms with Gasteiger partial charge in [-0.15, -0.1) is 0 Å². The molecule has 15 heavy (non-hydrogen) atoms. The minimum atomic E-state index is -0.0692. The van der Waals surface area contributed by atoms with Crippen LogP contribution in [0.4, 0.5) is 0 Å². The normalized spacial score (nSPS) is 18.3. The van der Waals surface area contributed by atoms with Crippen molar-refractivity contribution in [3.8, 4) is 0 Å². The summed E-state index contributed by atoms with van der Waals surface area (Å²) in [4.78, 5) is 11.0. The molecule has 0 N–H and O–H groups in total. The maximum Gasteiger partial charge on any atom is 0.126 e. The summed E-state index contributed by atoms with van der Waals surface area (Å²) in [6.07, 6.45) is 5.27. The fourth-order valence-corrected chi connectivity index (χ4v) is 2.31. The van der Waals surface area contributed by atoms with Crippen LogP contribution in [0, 0.1) is 12.3 Å². The third kappa shape index (κ3) is 2.07. The van der Waals surface area contributed by atoms with Gasteiger partial charge in [0.15, 0.2) is 0 Å². The van der Waals surface area contributed by atoms with Crippen molar-refractivity contribution in [1.29, 1.82) is 0 Å². The Balaban J connectivity index is 2.17. The van der Waals surface area contributed by atoms with Crippen molar-refractivity contribution in [2.24, 2.45) is 5.41 Å². The number of rotatable bonds is 3. The Morgan fingerprint density at radius 2 is 2.20 bits per heavy atom. The third-order valence-corrected chi connectivity index (χ3v) is 3.80. The van der Waals surface area contributed by atoms with E-state index >= 15 is 0 Å². The highest BCUT2D eigenvalue weighted by Crippen LogP contribution is 2.41. The number of aryl methyl sites for hydroxylation is 1. The summed E-state index contributed by atoms with van der Waals surface area (Å²) < 4.78 is 0. The second-order valence-electron chi connectivity index (χ2n) is 4.59. The number of benzene rings is 1. The topological polar surface area (TPSA) is 17.1 Å². The van der Waals surface area contributed by atoms with Crippen molar-refractivity contribution in [3.63, 3.8) is 0 Å². The molecule has 0 atom stereocenters. The molecule has 1 fully saturated rings. The first-order valence-corrected chi connectivity index (χ1v) is 5.74. The van der Waals surface area contributed by atoms with Gasteiger partial charge in [0.2, 0.25) is 0 Å². The van der Waals surface area contributed by atoms with Crippen LogP contribution in [0.2, 0.25) is 5.02 Å². The molecule has 80 valence electrons. The van der Waals surface area contributed by atoms with Gasteiger partial charge in [0, 0.05) is 10.4 Å². The zero-order valence-corrected chi connectivity index (χ0v) is 9.68. The molecule has 1 aliphatic carbocycles. The van der Waals surface area contributed by atoms with Gasteiger partial charge in [0.05, 0.1) is 0 Å². The smallest absolute Gasteiger partial charge is 0.126 e. The van der Waals surface area contributed by atoms with E-state index in [2.05, 4.69) is 6.07 Å². The molecule has 1 aromatic carbocycles. The lowest BCUT2D eigenvalue weighted by Crippen LogP contribution is -2.33. The first-order chi connectivity index (χ1) is 7.15. The summed E-state index contributed by atoms with van der Waals surface area (Å²) in [7, 11) is 0. The lowest BCUT2D eigenvalue weighted by Gasteiger charge is -2.36. The first kappa shape index (κ1) is 10.7. The van der Waals surface area contributed by atoms with E-state index in [4.69, 9.17) is 11.6 Å². The van der Waals surface area contributed by atoms with Gasteiger partial charge in [-0.25, -0.2) is 0 Å². The molecule has 0 heterocycles. The lowest BCUT2D eigenvalue weighted by molar-refractivity contribution is -0.120. The Morgan fingerprint density at radius 1 is 1.47 bits per heavy atom. The molecule has 0 saturated heterocycles. The Morgan fingerprint density at radius 3 is 2.67 bits per heavy atom. The van der Waals surface area contributed by atoms with Crippen LogP contribution in [0.5, 0.6) is 0 Å². The van der Waals surface area contributed by atoms with Crippen LogP contribution in [0.25, 0.3) is 0 Å². The predicted octanol–water partition coefficient (Wildman–Crippen LogP) is 3.56. The van der Waals surface area contributed by atoms with E-state index in [0.717, 1.165) is 36.1 Å². The number of carbonyl (C=O) groups is 1. The van der Waals surface area contributed by atoms with Crippen molar-refractivity contribution in [2.45, 2.75) is 32.6 Å². The minimum Gasteiger partial charge on any atom is -0.303 e. The van der Waals surface area contributed by atoms with E-state index < -0.39 is 0 Å². The third-order valence-electron chi connectivity index (χ3n) is 3.38. The zero-order valence-electron chi connectivity index (χ0n) is 8.92. The molecule has 0 aliphatic heterocycles. The second kappa shape index (κ2) is 3.97. The van der Waals surface area contributed by atoms with E-state index in [9.17, 15) is 4.79 Å². The summed E-state index contributed by atoms with van der Waals surface area (Å²) >= 11 is 5.96. The molecular weight excluding hydrogens is 208 g/mol. The van der Waals surface area contributed by atoms with E-state index in [1.54, 1.807) is 0 Å². The quantitative estimate of drug-likeness (QED) is 0.715. The highest BCUT2D eigenvalue weighted by Gasteiger charge is 2.36. The summed E-state index contributed by atoms with van der Waals surface area (Å²) in [6.45, 7) is 2.00. The van der Waals surface area contributed by atoms with E-state index in [1.807, 2.05) is 19.1 Å². The maximum atomic E-state index is 11.0. The highest BCUT2D eigenvalue weighted by molar-refractivity contribution is 6.31. The molecule has 0 aromatic heterocycles. The van der Waals surface area contributed by atoms with Crippen LogP contribution in [-0.4, -0.2) is 6.29 Å². The first-order valence-electron chi connectivity index (χ1n) is 5.37. The predicted molar refractivity (Wildman–Crippen MR) is 62.2 cm³/mol. The lowest BCUT2D eigenvalue weighted by atomic mass is 9.66. The standard InChI is InChI=1S/C13H15ClO/c1-10-7-11(3-4-12(10)14)8-13(9-15)5-2-6-13/h3-4,7,9H,2,5-6,8H2,1H3. The van der Waals surface area contributed by atoms with Gasteiger partial charge in [-0.05, 0) is 43.4 Å². The summed E-state index contributed by atoms with van der Waals surface area (Å²) in [5, 5.41) is 0.799. The molecule has 2 rings (SSSR count). The molecule has 1 saturated carbocycles. The van der Waals surface area contributed by atoms with Gasteiger partial charge in [-0.1, -0.05) is 30.2 Å². The summed E-state index contributed by atoms with van der Waals surface area (Å²) in [6, 6.07) is 6.04. The summed E-state index contributed by atoms with van der Waals surface area (Å²) in [5.74, 6) is 0. The molecule has 2 heteroatoms. The molecule has 0 radical (unpaired) electrons.